The first-order chi connectivity index (χ1) is 11.5. The van der Waals surface area contributed by atoms with E-state index in [1.54, 1.807) is 7.11 Å². The quantitative estimate of drug-likeness (QED) is 0.591. The van der Waals surface area contributed by atoms with Gasteiger partial charge in [-0.2, -0.15) is 5.10 Å². The second-order valence-electron chi connectivity index (χ2n) is 5.39. The average molecular weight is 332 g/mol. The third-order valence-electron chi connectivity index (χ3n) is 3.59. The molecule has 2 aromatic rings. The Morgan fingerprint density at radius 2 is 2.29 bits per heavy atom. The molecule has 0 fully saturated rings. The zero-order valence-electron chi connectivity index (χ0n) is 13.6. The number of nitrogens with zero attached hydrogens (tertiary/aromatic N) is 3. The fraction of sp³-hybridized carbons (Fsp3) is 0.375. The summed E-state index contributed by atoms with van der Waals surface area (Å²) >= 11 is 0. The van der Waals surface area contributed by atoms with Gasteiger partial charge in [0.05, 0.1) is 18.1 Å². The third kappa shape index (κ3) is 4.80. The molecule has 0 aliphatic rings. The van der Waals surface area contributed by atoms with Gasteiger partial charge < -0.3 is 10.1 Å². The van der Waals surface area contributed by atoms with Crippen LogP contribution in [0.5, 0.6) is 5.75 Å². The van der Waals surface area contributed by atoms with E-state index in [4.69, 9.17) is 4.74 Å². The molecule has 8 heteroatoms. The Kier molecular flexibility index (Phi) is 5.89. The summed E-state index contributed by atoms with van der Waals surface area (Å²) in [4.78, 5) is 22.1. The van der Waals surface area contributed by atoms with Gasteiger partial charge in [0, 0.05) is 13.0 Å². The molecule has 2 rings (SSSR count). The van der Waals surface area contributed by atoms with Gasteiger partial charge in [-0.05, 0) is 31.0 Å². The molecule has 0 spiro atoms. The smallest absolute Gasteiger partial charge is 0.306 e. The van der Waals surface area contributed by atoms with Crippen LogP contribution in [-0.2, 0) is 11.3 Å². The fourth-order valence-electron chi connectivity index (χ4n) is 2.28. The van der Waals surface area contributed by atoms with Crippen LogP contribution in [-0.4, -0.2) is 27.7 Å². The molecule has 0 radical (unpaired) electrons. The number of carbonyl (C=O) groups is 1. The van der Waals surface area contributed by atoms with E-state index in [0.29, 0.717) is 19.4 Å². The number of rotatable bonds is 8. The minimum absolute atomic E-state index is 0.0499. The van der Waals surface area contributed by atoms with Gasteiger partial charge in [-0.3, -0.25) is 19.6 Å². The van der Waals surface area contributed by atoms with E-state index in [2.05, 4.69) is 10.4 Å². The fourth-order valence-corrected chi connectivity index (χ4v) is 2.28. The highest BCUT2D eigenvalue weighted by Crippen LogP contribution is 2.18. The van der Waals surface area contributed by atoms with Gasteiger partial charge in [0.1, 0.15) is 18.1 Å². The van der Waals surface area contributed by atoms with Crippen molar-refractivity contribution in [1.29, 1.82) is 0 Å². The van der Waals surface area contributed by atoms with E-state index in [1.165, 1.54) is 17.1 Å². The van der Waals surface area contributed by atoms with Crippen molar-refractivity contribution in [3.05, 3.63) is 52.3 Å². The van der Waals surface area contributed by atoms with Gasteiger partial charge in [0.2, 0.25) is 5.91 Å². The van der Waals surface area contributed by atoms with E-state index >= 15 is 0 Å². The molecule has 0 aliphatic heterocycles. The lowest BCUT2D eigenvalue weighted by Gasteiger charge is -2.15. The summed E-state index contributed by atoms with van der Waals surface area (Å²) in [5.74, 6) is 0.667. The molecule has 1 aromatic heterocycles. The number of carbonyl (C=O) groups excluding carboxylic acids is 1. The Morgan fingerprint density at radius 3 is 2.96 bits per heavy atom. The standard InChI is InChI=1S/C16H20N4O4/c1-12(13-5-3-6-15(9-13)24-2)18-16(21)7-4-8-19-11-14(10-17-19)20(22)23/h3,5-6,9-12H,4,7-8H2,1-2H3,(H,18,21). The third-order valence-corrected chi connectivity index (χ3v) is 3.59. The van der Waals surface area contributed by atoms with Gasteiger partial charge in [-0.1, -0.05) is 12.1 Å². The molecular formula is C16H20N4O4. The van der Waals surface area contributed by atoms with E-state index in [1.807, 2.05) is 31.2 Å². The molecular weight excluding hydrogens is 312 g/mol. The van der Waals surface area contributed by atoms with Crippen LogP contribution in [0.15, 0.2) is 36.7 Å². The Labute approximate surface area is 139 Å². The molecule has 1 amide bonds. The number of nitro groups is 1. The topological polar surface area (TPSA) is 99.3 Å². The summed E-state index contributed by atoms with van der Waals surface area (Å²) in [6.45, 7) is 2.36. The van der Waals surface area contributed by atoms with Crippen LogP contribution in [0.4, 0.5) is 5.69 Å². The number of hydrogen-bond donors (Lipinski definition) is 1. The summed E-state index contributed by atoms with van der Waals surface area (Å²) < 4.78 is 6.64. The zero-order valence-corrected chi connectivity index (χ0v) is 13.6. The van der Waals surface area contributed by atoms with E-state index in [9.17, 15) is 14.9 Å². The summed E-state index contributed by atoms with van der Waals surface area (Å²) in [6.07, 6.45) is 3.43. The maximum absolute atomic E-state index is 12.0. The maximum atomic E-state index is 12.0. The number of hydrogen-bond acceptors (Lipinski definition) is 5. The number of benzene rings is 1. The highest BCUT2D eigenvalue weighted by atomic mass is 16.6. The average Bonchev–Trinajstić information content (AvgIpc) is 3.04. The second-order valence-corrected chi connectivity index (χ2v) is 5.39. The number of aryl methyl sites for hydroxylation is 1. The summed E-state index contributed by atoms with van der Waals surface area (Å²) in [5, 5.41) is 17.4. The van der Waals surface area contributed by atoms with Crippen molar-refractivity contribution in [2.24, 2.45) is 0 Å². The van der Waals surface area contributed by atoms with Crippen molar-refractivity contribution >= 4 is 11.6 Å². The lowest BCUT2D eigenvalue weighted by Crippen LogP contribution is -2.26. The van der Waals surface area contributed by atoms with Crippen LogP contribution in [0.3, 0.4) is 0 Å². The van der Waals surface area contributed by atoms with Gasteiger partial charge in [-0.15, -0.1) is 0 Å². The van der Waals surface area contributed by atoms with Crippen LogP contribution >= 0.6 is 0 Å². The molecule has 1 heterocycles. The Bertz CT molecular complexity index is 714. The molecule has 8 nitrogen and oxygen atoms in total. The number of nitrogens with one attached hydrogen (secondary N) is 1. The molecule has 0 saturated carbocycles. The molecule has 1 atom stereocenters. The predicted molar refractivity (Wildman–Crippen MR) is 87.7 cm³/mol. The summed E-state index contributed by atoms with van der Waals surface area (Å²) in [6, 6.07) is 7.41. The van der Waals surface area contributed by atoms with Gasteiger partial charge in [0.25, 0.3) is 0 Å². The van der Waals surface area contributed by atoms with Crippen LogP contribution in [0, 0.1) is 10.1 Å². The van der Waals surface area contributed by atoms with Crippen molar-refractivity contribution < 1.29 is 14.5 Å². The molecule has 0 aliphatic carbocycles. The minimum Gasteiger partial charge on any atom is -0.497 e. The van der Waals surface area contributed by atoms with Gasteiger partial charge >= 0.3 is 5.69 Å². The number of amides is 1. The highest BCUT2D eigenvalue weighted by Gasteiger charge is 2.11. The van der Waals surface area contributed by atoms with Crippen molar-refractivity contribution in [2.75, 3.05) is 7.11 Å². The Hall–Kier alpha value is -2.90. The molecule has 1 unspecified atom stereocenters. The lowest BCUT2D eigenvalue weighted by molar-refractivity contribution is -0.385. The lowest BCUT2D eigenvalue weighted by atomic mass is 10.1. The van der Waals surface area contributed by atoms with Crippen LogP contribution < -0.4 is 10.1 Å². The van der Waals surface area contributed by atoms with Crippen LogP contribution in [0.2, 0.25) is 0 Å². The molecule has 1 aromatic carbocycles. The van der Waals surface area contributed by atoms with E-state index < -0.39 is 4.92 Å². The first-order valence-corrected chi connectivity index (χ1v) is 7.59. The van der Waals surface area contributed by atoms with Crippen LogP contribution in [0.25, 0.3) is 0 Å². The molecule has 128 valence electrons. The monoisotopic (exact) mass is 332 g/mol. The van der Waals surface area contributed by atoms with E-state index in [-0.39, 0.29) is 17.6 Å². The number of ether oxygens (including phenoxy) is 1. The van der Waals surface area contributed by atoms with Crippen LogP contribution in [0.1, 0.15) is 31.4 Å². The first kappa shape index (κ1) is 17.5. The largest absolute Gasteiger partial charge is 0.497 e. The Morgan fingerprint density at radius 1 is 1.50 bits per heavy atom. The molecule has 0 saturated heterocycles. The predicted octanol–water partition coefficient (Wildman–Crippen LogP) is 2.46. The first-order valence-electron chi connectivity index (χ1n) is 7.59. The summed E-state index contributed by atoms with van der Waals surface area (Å²) in [5.41, 5.74) is 0.913. The Balaban J connectivity index is 1.78. The normalized spacial score (nSPS) is 11.8. The van der Waals surface area contributed by atoms with E-state index in [0.717, 1.165) is 11.3 Å². The molecule has 24 heavy (non-hydrogen) atoms. The second kappa shape index (κ2) is 8.09. The minimum atomic E-state index is -0.494. The zero-order chi connectivity index (χ0) is 17.5. The number of methoxy groups -OCH3 is 1. The highest BCUT2D eigenvalue weighted by molar-refractivity contribution is 5.76. The van der Waals surface area contributed by atoms with Crippen molar-refractivity contribution in [2.45, 2.75) is 32.4 Å². The molecule has 0 bridgehead atoms. The summed E-state index contributed by atoms with van der Waals surface area (Å²) in [7, 11) is 1.60. The van der Waals surface area contributed by atoms with Gasteiger partial charge in [0.15, 0.2) is 0 Å². The number of aromatic nitrogens is 2. The van der Waals surface area contributed by atoms with Crippen molar-refractivity contribution in [1.82, 2.24) is 15.1 Å². The van der Waals surface area contributed by atoms with Crippen molar-refractivity contribution in [3.8, 4) is 5.75 Å². The molecule has 1 N–H and O–H groups in total. The van der Waals surface area contributed by atoms with Gasteiger partial charge in [-0.25, -0.2) is 0 Å². The maximum Gasteiger partial charge on any atom is 0.306 e. The van der Waals surface area contributed by atoms with Crippen molar-refractivity contribution in [3.63, 3.8) is 0 Å². The SMILES string of the molecule is COc1cccc(C(C)NC(=O)CCCn2cc([N+](=O)[O-])cn2)c1.